The van der Waals surface area contributed by atoms with Crippen LogP contribution in [-0.4, -0.2) is 59.7 Å². The van der Waals surface area contributed by atoms with E-state index in [9.17, 15) is 0 Å². The Morgan fingerprint density at radius 3 is 2.46 bits per heavy atom. The Morgan fingerprint density at radius 2 is 1.82 bits per heavy atom. The topological polar surface area (TPSA) is 85.6 Å². The summed E-state index contributed by atoms with van der Waals surface area (Å²) in [6.45, 7) is 8.43. The summed E-state index contributed by atoms with van der Waals surface area (Å²) in [7, 11) is 1.96. The van der Waals surface area contributed by atoms with Gasteiger partial charge >= 0.3 is 0 Å². The fourth-order valence-corrected chi connectivity index (χ4v) is 3.20. The molecule has 1 heterocycles. The van der Waals surface area contributed by atoms with Gasteiger partial charge in [0.25, 0.3) is 0 Å². The SMILES string of the molecule is CCOCCCNC(=NCc1nnc(C)n1C)NCCCOC1CCCCC1. The van der Waals surface area contributed by atoms with Gasteiger partial charge < -0.3 is 24.7 Å². The van der Waals surface area contributed by atoms with Crippen LogP contribution in [0.2, 0.25) is 0 Å². The molecule has 160 valence electrons. The summed E-state index contributed by atoms with van der Waals surface area (Å²) in [5.41, 5.74) is 0. The van der Waals surface area contributed by atoms with Gasteiger partial charge in [0.1, 0.15) is 12.4 Å². The molecule has 0 unspecified atom stereocenters. The van der Waals surface area contributed by atoms with Crippen molar-refractivity contribution in [1.29, 1.82) is 0 Å². The number of ether oxygens (including phenoxy) is 2. The maximum atomic E-state index is 6.00. The molecule has 0 amide bonds. The molecule has 8 heteroatoms. The number of rotatable bonds is 12. The van der Waals surface area contributed by atoms with Crippen molar-refractivity contribution < 1.29 is 9.47 Å². The molecule has 0 spiro atoms. The fraction of sp³-hybridized carbons (Fsp3) is 0.850. The normalized spacial score (nSPS) is 15.8. The van der Waals surface area contributed by atoms with Gasteiger partial charge in [-0.2, -0.15) is 0 Å². The highest BCUT2D eigenvalue weighted by Gasteiger charge is 2.13. The van der Waals surface area contributed by atoms with E-state index in [-0.39, 0.29) is 0 Å². The summed E-state index contributed by atoms with van der Waals surface area (Å²) in [6, 6.07) is 0. The van der Waals surface area contributed by atoms with E-state index in [0.717, 1.165) is 63.4 Å². The van der Waals surface area contributed by atoms with Crippen LogP contribution in [0, 0.1) is 6.92 Å². The summed E-state index contributed by atoms with van der Waals surface area (Å²) >= 11 is 0. The van der Waals surface area contributed by atoms with Crippen LogP contribution in [0.3, 0.4) is 0 Å². The standard InChI is InChI=1S/C20H38N6O2/c1-4-27-14-8-12-21-20(23-16-19-25-24-17(2)26(19)3)22-13-9-15-28-18-10-6-5-7-11-18/h18H,4-16H2,1-3H3,(H2,21,22,23). The lowest BCUT2D eigenvalue weighted by Gasteiger charge is -2.22. The van der Waals surface area contributed by atoms with Gasteiger partial charge in [-0.3, -0.25) is 0 Å². The quantitative estimate of drug-likeness (QED) is 0.321. The molecular formula is C20H38N6O2. The van der Waals surface area contributed by atoms with Gasteiger partial charge in [0.15, 0.2) is 11.8 Å². The first-order valence-corrected chi connectivity index (χ1v) is 10.8. The predicted octanol–water partition coefficient (Wildman–Crippen LogP) is 2.32. The first kappa shape index (κ1) is 22.6. The predicted molar refractivity (Wildman–Crippen MR) is 111 cm³/mol. The van der Waals surface area contributed by atoms with E-state index < -0.39 is 0 Å². The smallest absolute Gasteiger partial charge is 0.191 e. The Bertz CT molecular complexity index is 569. The van der Waals surface area contributed by atoms with E-state index in [1.54, 1.807) is 0 Å². The van der Waals surface area contributed by atoms with Crippen molar-refractivity contribution in [3.8, 4) is 0 Å². The number of nitrogens with one attached hydrogen (secondary N) is 2. The fourth-order valence-electron chi connectivity index (χ4n) is 3.20. The highest BCUT2D eigenvalue weighted by Crippen LogP contribution is 2.20. The minimum absolute atomic E-state index is 0.470. The Morgan fingerprint density at radius 1 is 1.11 bits per heavy atom. The number of nitrogens with zero attached hydrogens (tertiary/aromatic N) is 4. The molecule has 0 aliphatic heterocycles. The highest BCUT2D eigenvalue weighted by molar-refractivity contribution is 5.79. The lowest BCUT2D eigenvalue weighted by atomic mass is 9.98. The van der Waals surface area contributed by atoms with E-state index >= 15 is 0 Å². The molecule has 1 aliphatic carbocycles. The van der Waals surface area contributed by atoms with Crippen molar-refractivity contribution in [1.82, 2.24) is 25.4 Å². The van der Waals surface area contributed by atoms with Crippen molar-refractivity contribution >= 4 is 5.96 Å². The van der Waals surface area contributed by atoms with Crippen molar-refractivity contribution in [2.24, 2.45) is 12.0 Å². The Kier molecular flexibility index (Phi) is 10.9. The minimum atomic E-state index is 0.470. The molecule has 2 rings (SSSR count). The van der Waals surface area contributed by atoms with Crippen LogP contribution >= 0.6 is 0 Å². The van der Waals surface area contributed by atoms with Gasteiger partial charge in [-0.15, -0.1) is 10.2 Å². The molecule has 1 fully saturated rings. The van der Waals surface area contributed by atoms with E-state index in [1.807, 2.05) is 25.5 Å². The number of aliphatic imine (C=N–C) groups is 1. The van der Waals surface area contributed by atoms with Gasteiger partial charge in [0, 0.05) is 40.0 Å². The average molecular weight is 395 g/mol. The van der Waals surface area contributed by atoms with Crippen molar-refractivity contribution in [2.75, 3.05) is 32.9 Å². The number of hydrogen-bond donors (Lipinski definition) is 2. The third-order valence-electron chi connectivity index (χ3n) is 5.04. The summed E-state index contributed by atoms with van der Waals surface area (Å²) in [4.78, 5) is 4.66. The maximum absolute atomic E-state index is 6.00. The first-order chi connectivity index (χ1) is 13.7. The van der Waals surface area contributed by atoms with E-state index in [2.05, 4.69) is 25.8 Å². The largest absolute Gasteiger partial charge is 0.382 e. The van der Waals surface area contributed by atoms with Crippen molar-refractivity contribution in [3.05, 3.63) is 11.6 Å². The van der Waals surface area contributed by atoms with Gasteiger partial charge in [0.2, 0.25) is 0 Å². The molecule has 1 aliphatic rings. The maximum Gasteiger partial charge on any atom is 0.191 e. The third-order valence-corrected chi connectivity index (χ3v) is 5.04. The molecule has 0 atom stereocenters. The second-order valence-electron chi connectivity index (χ2n) is 7.28. The first-order valence-electron chi connectivity index (χ1n) is 10.8. The van der Waals surface area contributed by atoms with E-state index in [0.29, 0.717) is 12.6 Å². The minimum Gasteiger partial charge on any atom is -0.382 e. The molecule has 28 heavy (non-hydrogen) atoms. The van der Waals surface area contributed by atoms with Crippen LogP contribution in [0.5, 0.6) is 0 Å². The zero-order valence-corrected chi connectivity index (χ0v) is 17.9. The molecule has 2 N–H and O–H groups in total. The second kappa shape index (κ2) is 13.5. The Hall–Kier alpha value is -1.67. The molecule has 0 aromatic carbocycles. The van der Waals surface area contributed by atoms with Gasteiger partial charge in [-0.25, -0.2) is 4.99 Å². The second-order valence-corrected chi connectivity index (χ2v) is 7.28. The van der Waals surface area contributed by atoms with Gasteiger partial charge in [0.05, 0.1) is 6.10 Å². The zero-order valence-electron chi connectivity index (χ0n) is 17.9. The highest BCUT2D eigenvalue weighted by atomic mass is 16.5. The summed E-state index contributed by atoms with van der Waals surface area (Å²) in [5.74, 6) is 2.55. The van der Waals surface area contributed by atoms with Crippen LogP contribution in [0.15, 0.2) is 4.99 Å². The van der Waals surface area contributed by atoms with Crippen molar-refractivity contribution in [3.63, 3.8) is 0 Å². The van der Waals surface area contributed by atoms with E-state index in [4.69, 9.17) is 9.47 Å². The molecule has 8 nitrogen and oxygen atoms in total. The molecular weight excluding hydrogens is 356 g/mol. The average Bonchev–Trinajstić information content (AvgIpc) is 3.04. The molecule has 0 radical (unpaired) electrons. The van der Waals surface area contributed by atoms with Crippen LogP contribution in [0.25, 0.3) is 0 Å². The molecule has 0 bridgehead atoms. The third kappa shape index (κ3) is 8.56. The Balaban J connectivity index is 1.72. The zero-order chi connectivity index (χ0) is 20.0. The van der Waals surface area contributed by atoms with Gasteiger partial charge in [-0.1, -0.05) is 19.3 Å². The molecule has 1 aromatic rings. The number of hydrogen-bond acceptors (Lipinski definition) is 5. The Labute approximate surface area is 169 Å². The number of aryl methyl sites for hydroxylation is 1. The molecule has 1 saturated carbocycles. The summed E-state index contributed by atoms with van der Waals surface area (Å²) in [6.07, 6.45) is 8.82. The van der Waals surface area contributed by atoms with Crippen LogP contribution in [0.4, 0.5) is 0 Å². The van der Waals surface area contributed by atoms with E-state index in [1.165, 1.54) is 32.1 Å². The van der Waals surface area contributed by atoms with Crippen LogP contribution in [-0.2, 0) is 23.1 Å². The summed E-state index contributed by atoms with van der Waals surface area (Å²) in [5, 5.41) is 15.1. The van der Waals surface area contributed by atoms with Crippen molar-refractivity contribution in [2.45, 2.75) is 71.4 Å². The lowest BCUT2D eigenvalue weighted by Crippen LogP contribution is -2.39. The van der Waals surface area contributed by atoms with Crippen LogP contribution < -0.4 is 10.6 Å². The lowest BCUT2D eigenvalue weighted by molar-refractivity contribution is 0.0277. The van der Waals surface area contributed by atoms with Crippen LogP contribution in [0.1, 0.15) is 63.5 Å². The summed E-state index contributed by atoms with van der Waals surface area (Å²) < 4.78 is 13.4. The number of guanidine groups is 1. The monoisotopic (exact) mass is 394 g/mol. The van der Waals surface area contributed by atoms with Gasteiger partial charge in [-0.05, 0) is 39.5 Å². The molecule has 1 aromatic heterocycles. The number of aromatic nitrogens is 3. The molecule has 0 saturated heterocycles.